The molecule has 2 aromatic rings. The SMILES string of the molecule is CCN(CC)S(=O)(=O)c1cc(NS(=O)(=O)c2c[nH]c(C(=O)N3CCCC3)c2)ccc1C. The van der Waals surface area contributed by atoms with Crippen LogP contribution in [0.25, 0.3) is 0 Å². The zero-order valence-electron chi connectivity index (χ0n) is 17.9. The van der Waals surface area contributed by atoms with Gasteiger partial charge in [-0.25, -0.2) is 16.8 Å². The van der Waals surface area contributed by atoms with Crippen molar-refractivity contribution < 1.29 is 21.6 Å². The third kappa shape index (κ3) is 4.78. The van der Waals surface area contributed by atoms with Gasteiger partial charge in [-0.1, -0.05) is 19.9 Å². The van der Waals surface area contributed by atoms with Gasteiger partial charge in [-0.15, -0.1) is 0 Å². The van der Waals surface area contributed by atoms with Gasteiger partial charge in [0.05, 0.1) is 10.6 Å². The van der Waals surface area contributed by atoms with Crippen LogP contribution in [-0.4, -0.2) is 63.1 Å². The second-order valence-electron chi connectivity index (χ2n) is 7.42. The maximum atomic E-state index is 12.9. The quantitative estimate of drug-likeness (QED) is 0.616. The first-order valence-electron chi connectivity index (χ1n) is 10.2. The van der Waals surface area contributed by atoms with Gasteiger partial charge in [-0.2, -0.15) is 4.31 Å². The van der Waals surface area contributed by atoms with Crippen LogP contribution in [0, 0.1) is 6.92 Å². The van der Waals surface area contributed by atoms with Crippen molar-refractivity contribution in [2.75, 3.05) is 30.9 Å². The maximum Gasteiger partial charge on any atom is 0.270 e. The van der Waals surface area contributed by atoms with Crippen LogP contribution in [0.15, 0.2) is 40.3 Å². The molecule has 1 fully saturated rings. The van der Waals surface area contributed by atoms with Crippen LogP contribution in [0.3, 0.4) is 0 Å². The van der Waals surface area contributed by atoms with Crippen molar-refractivity contribution in [2.24, 2.45) is 0 Å². The highest BCUT2D eigenvalue weighted by atomic mass is 32.2. The Balaban J connectivity index is 1.86. The summed E-state index contributed by atoms with van der Waals surface area (Å²) < 4.78 is 55.2. The minimum absolute atomic E-state index is 0.0513. The summed E-state index contributed by atoms with van der Waals surface area (Å²) in [5.74, 6) is -0.234. The topological polar surface area (TPSA) is 120 Å². The van der Waals surface area contributed by atoms with Crippen molar-refractivity contribution in [3.8, 4) is 0 Å². The van der Waals surface area contributed by atoms with Gasteiger partial charge in [0.2, 0.25) is 10.0 Å². The van der Waals surface area contributed by atoms with Crippen LogP contribution in [-0.2, 0) is 20.0 Å². The molecule has 1 aromatic heterocycles. The van der Waals surface area contributed by atoms with Crippen LogP contribution in [0.1, 0.15) is 42.7 Å². The van der Waals surface area contributed by atoms with E-state index in [9.17, 15) is 21.6 Å². The second-order valence-corrected chi connectivity index (χ2v) is 11.0. The number of hydrogen-bond acceptors (Lipinski definition) is 5. The van der Waals surface area contributed by atoms with Gasteiger partial charge < -0.3 is 9.88 Å². The third-order valence-electron chi connectivity index (χ3n) is 5.35. The van der Waals surface area contributed by atoms with Crippen LogP contribution >= 0.6 is 0 Å². The van der Waals surface area contributed by atoms with E-state index in [4.69, 9.17) is 0 Å². The molecular weight excluding hydrogens is 440 g/mol. The lowest BCUT2D eigenvalue weighted by Gasteiger charge is -2.20. The number of rotatable bonds is 8. The maximum absolute atomic E-state index is 12.9. The van der Waals surface area contributed by atoms with Crippen LogP contribution in [0.2, 0.25) is 0 Å². The van der Waals surface area contributed by atoms with E-state index >= 15 is 0 Å². The summed E-state index contributed by atoms with van der Waals surface area (Å²) in [7, 11) is -7.77. The summed E-state index contributed by atoms with van der Waals surface area (Å²) in [5.41, 5.74) is 0.857. The normalized spacial score (nSPS) is 14.9. The third-order valence-corrected chi connectivity index (χ3v) is 8.91. The molecule has 0 bridgehead atoms. The van der Waals surface area contributed by atoms with Crippen molar-refractivity contribution in [3.63, 3.8) is 0 Å². The monoisotopic (exact) mass is 468 g/mol. The Morgan fingerprint density at radius 3 is 2.35 bits per heavy atom. The molecule has 2 N–H and O–H groups in total. The molecule has 0 unspecified atom stereocenters. The molecule has 0 radical (unpaired) electrons. The number of nitrogens with zero attached hydrogens (tertiary/aromatic N) is 2. The second kappa shape index (κ2) is 9.01. The molecule has 170 valence electrons. The Bertz CT molecular complexity index is 1160. The molecule has 0 atom stereocenters. The molecule has 1 amide bonds. The van der Waals surface area contributed by atoms with Crippen LogP contribution in [0.5, 0.6) is 0 Å². The van der Waals surface area contributed by atoms with E-state index in [2.05, 4.69) is 9.71 Å². The van der Waals surface area contributed by atoms with E-state index < -0.39 is 20.0 Å². The van der Waals surface area contributed by atoms with E-state index in [0.717, 1.165) is 12.8 Å². The molecule has 11 heteroatoms. The van der Waals surface area contributed by atoms with Gasteiger partial charge in [-0.05, 0) is 43.5 Å². The lowest BCUT2D eigenvalue weighted by atomic mass is 10.2. The molecule has 1 aliphatic rings. The number of carbonyl (C=O) groups excluding carboxylic acids is 1. The molecule has 31 heavy (non-hydrogen) atoms. The lowest BCUT2D eigenvalue weighted by molar-refractivity contribution is 0.0787. The molecule has 9 nitrogen and oxygen atoms in total. The summed E-state index contributed by atoms with van der Waals surface area (Å²) in [5, 5.41) is 0. The number of benzene rings is 1. The van der Waals surface area contributed by atoms with Crippen LogP contribution in [0.4, 0.5) is 5.69 Å². The Morgan fingerprint density at radius 1 is 1.10 bits per heavy atom. The van der Waals surface area contributed by atoms with Gasteiger partial charge >= 0.3 is 0 Å². The zero-order valence-corrected chi connectivity index (χ0v) is 19.5. The largest absolute Gasteiger partial charge is 0.356 e. The number of aromatic amines is 1. The number of likely N-dealkylation sites (tertiary alicyclic amines) is 1. The lowest BCUT2D eigenvalue weighted by Crippen LogP contribution is -2.31. The fourth-order valence-electron chi connectivity index (χ4n) is 3.60. The van der Waals surface area contributed by atoms with Gasteiger partial charge in [0.15, 0.2) is 0 Å². The Kier molecular flexibility index (Phi) is 6.77. The molecule has 0 saturated carbocycles. The minimum Gasteiger partial charge on any atom is -0.356 e. The standard InChI is InChI=1S/C20H28N4O5S2/c1-4-24(5-2)31(28,29)19-12-16(9-8-15(19)3)22-30(26,27)17-13-18(21-14-17)20(25)23-10-6-7-11-23/h8-9,12-14,21-22H,4-7,10-11H2,1-3H3. The van der Waals surface area contributed by atoms with E-state index in [1.807, 2.05) is 0 Å². The number of anilines is 1. The number of H-pyrrole nitrogens is 1. The summed E-state index contributed by atoms with van der Waals surface area (Å²) in [6.07, 6.45) is 3.13. The van der Waals surface area contributed by atoms with E-state index in [1.54, 1.807) is 31.7 Å². The first kappa shape index (κ1) is 23.3. The summed E-state index contributed by atoms with van der Waals surface area (Å²) in [4.78, 5) is 16.8. The smallest absolute Gasteiger partial charge is 0.270 e. The highest BCUT2D eigenvalue weighted by molar-refractivity contribution is 7.92. The first-order chi connectivity index (χ1) is 14.6. The van der Waals surface area contributed by atoms with Gasteiger partial charge in [-0.3, -0.25) is 9.52 Å². The molecule has 1 saturated heterocycles. The number of amides is 1. The molecule has 0 aliphatic carbocycles. The molecule has 2 heterocycles. The van der Waals surface area contributed by atoms with Crippen molar-refractivity contribution in [1.29, 1.82) is 0 Å². The first-order valence-corrected chi connectivity index (χ1v) is 13.1. The molecule has 1 aromatic carbocycles. The summed E-state index contributed by atoms with van der Waals surface area (Å²) >= 11 is 0. The number of nitrogens with one attached hydrogen (secondary N) is 2. The number of aryl methyl sites for hydroxylation is 1. The number of carbonyl (C=O) groups is 1. The van der Waals surface area contributed by atoms with Crippen molar-refractivity contribution >= 4 is 31.6 Å². The zero-order chi connectivity index (χ0) is 22.8. The molecular formula is C20H28N4O5S2. The number of aromatic nitrogens is 1. The Labute approximate surface area is 183 Å². The molecule has 3 rings (SSSR count). The minimum atomic E-state index is -4.02. The molecule has 1 aliphatic heterocycles. The van der Waals surface area contributed by atoms with Crippen molar-refractivity contribution in [2.45, 2.75) is 43.4 Å². The Hall–Kier alpha value is -2.37. The average Bonchev–Trinajstić information content (AvgIpc) is 3.42. The van der Waals surface area contributed by atoms with Crippen LogP contribution < -0.4 is 4.72 Å². The summed E-state index contributed by atoms with van der Waals surface area (Å²) in [6.45, 7) is 7.09. The fraction of sp³-hybridized carbons (Fsp3) is 0.450. The average molecular weight is 469 g/mol. The fourth-order valence-corrected chi connectivity index (χ4v) is 6.35. The van der Waals surface area contributed by atoms with Crippen molar-refractivity contribution in [3.05, 3.63) is 41.7 Å². The van der Waals surface area contributed by atoms with Gasteiger partial charge in [0.1, 0.15) is 10.6 Å². The Morgan fingerprint density at radius 2 is 1.74 bits per heavy atom. The highest BCUT2D eigenvalue weighted by Crippen LogP contribution is 2.26. The summed E-state index contributed by atoms with van der Waals surface area (Å²) in [6, 6.07) is 5.69. The molecule has 0 spiro atoms. The van der Waals surface area contributed by atoms with Gasteiger partial charge in [0.25, 0.3) is 15.9 Å². The van der Waals surface area contributed by atoms with E-state index in [1.165, 1.54) is 28.7 Å². The van der Waals surface area contributed by atoms with E-state index in [0.29, 0.717) is 31.7 Å². The number of sulfonamides is 2. The van der Waals surface area contributed by atoms with Gasteiger partial charge in [0, 0.05) is 32.4 Å². The van der Waals surface area contributed by atoms with E-state index in [-0.39, 0.29) is 27.1 Å². The highest BCUT2D eigenvalue weighted by Gasteiger charge is 2.26. The number of hydrogen-bond donors (Lipinski definition) is 2. The predicted molar refractivity (Wildman–Crippen MR) is 118 cm³/mol. The predicted octanol–water partition coefficient (Wildman–Crippen LogP) is 2.39. The van der Waals surface area contributed by atoms with Crippen molar-refractivity contribution in [1.82, 2.24) is 14.2 Å².